The summed E-state index contributed by atoms with van der Waals surface area (Å²) < 4.78 is 5.24. The highest BCUT2D eigenvalue weighted by Gasteiger charge is 2.20. The molecule has 3 rings (SSSR count). The minimum absolute atomic E-state index is 0. The van der Waals surface area contributed by atoms with E-state index in [1.165, 1.54) is 63.6 Å². The van der Waals surface area contributed by atoms with Gasteiger partial charge in [-0.25, -0.2) is 0 Å². The number of halogens is 1. The lowest BCUT2D eigenvalue weighted by atomic mass is 9.95. The summed E-state index contributed by atoms with van der Waals surface area (Å²) in [5.41, 5.74) is 1.37. The minimum atomic E-state index is 0. The number of hydrogen-bond donors (Lipinski definition) is 2. The maximum atomic E-state index is 5.24. The minimum Gasteiger partial charge on any atom is -0.497 e. The highest BCUT2D eigenvalue weighted by Crippen LogP contribution is 2.20. The van der Waals surface area contributed by atoms with Crippen molar-refractivity contribution in [2.45, 2.75) is 57.5 Å². The van der Waals surface area contributed by atoms with Crippen molar-refractivity contribution < 1.29 is 4.74 Å². The normalized spacial score (nSPS) is 19.7. The fourth-order valence-corrected chi connectivity index (χ4v) is 4.21. The van der Waals surface area contributed by atoms with Crippen molar-refractivity contribution >= 4 is 29.9 Å². The molecule has 2 N–H and O–H groups in total. The molecule has 2 aliphatic rings. The summed E-state index contributed by atoms with van der Waals surface area (Å²) in [7, 11) is 3.60. The molecule has 0 radical (unpaired) electrons. The van der Waals surface area contributed by atoms with Gasteiger partial charge in [0, 0.05) is 26.2 Å². The molecule has 5 nitrogen and oxygen atoms in total. The first-order chi connectivity index (χ1) is 13.3. The third-order valence-corrected chi connectivity index (χ3v) is 6.00. The fourth-order valence-electron chi connectivity index (χ4n) is 4.21. The summed E-state index contributed by atoms with van der Waals surface area (Å²) in [6.07, 6.45) is 9.16. The summed E-state index contributed by atoms with van der Waals surface area (Å²) in [6, 6.07) is 9.06. The molecule has 0 atom stereocenters. The molecule has 28 heavy (non-hydrogen) atoms. The number of benzene rings is 1. The number of piperidine rings is 1. The molecule has 1 aliphatic carbocycles. The summed E-state index contributed by atoms with van der Waals surface area (Å²) in [5.74, 6) is 2.66. The van der Waals surface area contributed by atoms with Crippen molar-refractivity contribution in [1.29, 1.82) is 0 Å². The van der Waals surface area contributed by atoms with Crippen LogP contribution in [0, 0.1) is 5.92 Å². The van der Waals surface area contributed by atoms with Crippen molar-refractivity contribution in [1.82, 2.24) is 15.5 Å². The highest BCUT2D eigenvalue weighted by molar-refractivity contribution is 14.0. The summed E-state index contributed by atoms with van der Waals surface area (Å²) in [4.78, 5) is 6.99. The van der Waals surface area contributed by atoms with Crippen LogP contribution in [0.5, 0.6) is 5.75 Å². The van der Waals surface area contributed by atoms with E-state index in [1.54, 1.807) is 7.11 Å². The third kappa shape index (κ3) is 7.43. The number of likely N-dealkylation sites (tertiary alicyclic amines) is 1. The van der Waals surface area contributed by atoms with Crippen molar-refractivity contribution in [3.8, 4) is 5.75 Å². The maximum Gasteiger partial charge on any atom is 0.191 e. The number of aliphatic imine (C=N–C) groups is 1. The Labute approximate surface area is 187 Å². The Balaban J connectivity index is 0.00000280. The third-order valence-electron chi connectivity index (χ3n) is 6.00. The molecule has 1 heterocycles. The fraction of sp³-hybridized carbons (Fsp3) is 0.682. The molecule has 1 aliphatic heterocycles. The van der Waals surface area contributed by atoms with Gasteiger partial charge in [-0.2, -0.15) is 0 Å². The number of methoxy groups -OCH3 is 1. The summed E-state index contributed by atoms with van der Waals surface area (Å²) >= 11 is 0. The molecule has 0 spiro atoms. The van der Waals surface area contributed by atoms with Crippen molar-refractivity contribution in [2.24, 2.45) is 10.9 Å². The SMILES string of the molecule is CN=C(NCC1CCN(Cc2ccc(OC)cc2)CC1)NC1CCCCC1.I. The van der Waals surface area contributed by atoms with Crippen LogP contribution in [0.4, 0.5) is 0 Å². The largest absolute Gasteiger partial charge is 0.497 e. The van der Waals surface area contributed by atoms with Gasteiger partial charge in [0.15, 0.2) is 5.96 Å². The van der Waals surface area contributed by atoms with E-state index in [0.29, 0.717) is 6.04 Å². The first-order valence-electron chi connectivity index (χ1n) is 10.6. The Bertz CT molecular complexity index is 579. The standard InChI is InChI=1S/C22H36N4O.HI/c1-23-22(25-20-6-4-3-5-7-20)24-16-18-12-14-26(15-13-18)17-19-8-10-21(27-2)11-9-19;/h8-11,18,20H,3-7,12-17H2,1-2H3,(H2,23,24,25);1H. The van der Waals surface area contributed by atoms with Crippen LogP contribution in [0.25, 0.3) is 0 Å². The first-order valence-corrected chi connectivity index (χ1v) is 10.6. The van der Waals surface area contributed by atoms with E-state index in [1.807, 2.05) is 7.05 Å². The Morgan fingerprint density at radius 1 is 1.07 bits per heavy atom. The number of nitrogens with zero attached hydrogens (tertiary/aromatic N) is 2. The van der Waals surface area contributed by atoms with Crippen LogP contribution >= 0.6 is 24.0 Å². The number of rotatable bonds is 6. The molecule has 2 fully saturated rings. The molecule has 0 bridgehead atoms. The van der Waals surface area contributed by atoms with Gasteiger partial charge < -0.3 is 15.4 Å². The van der Waals surface area contributed by atoms with Crippen LogP contribution in [0.15, 0.2) is 29.3 Å². The zero-order valence-corrected chi connectivity index (χ0v) is 19.8. The highest BCUT2D eigenvalue weighted by atomic mass is 127. The Morgan fingerprint density at radius 2 is 1.75 bits per heavy atom. The molecule has 0 aromatic heterocycles. The van der Waals surface area contributed by atoms with E-state index in [4.69, 9.17) is 4.74 Å². The second-order valence-corrected chi connectivity index (χ2v) is 8.00. The zero-order chi connectivity index (χ0) is 18.9. The molecule has 1 saturated carbocycles. The van der Waals surface area contributed by atoms with Gasteiger partial charge in [-0.05, 0) is 62.4 Å². The van der Waals surface area contributed by atoms with Crippen LogP contribution in [0.3, 0.4) is 0 Å². The predicted octanol–water partition coefficient (Wildman–Crippen LogP) is 4.02. The van der Waals surface area contributed by atoms with Crippen LogP contribution < -0.4 is 15.4 Å². The molecule has 6 heteroatoms. The second kappa shape index (κ2) is 12.5. The predicted molar refractivity (Wildman–Crippen MR) is 128 cm³/mol. The smallest absolute Gasteiger partial charge is 0.191 e. The van der Waals surface area contributed by atoms with E-state index >= 15 is 0 Å². The number of guanidine groups is 1. The molecule has 1 aromatic carbocycles. The van der Waals surface area contributed by atoms with Crippen molar-refractivity contribution in [3.05, 3.63) is 29.8 Å². The topological polar surface area (TPSA) is 48.9 Å². The molecule has 0 unspecified atom stereocenters. The molecule has 0 amide bonds. The van der Waals surface area contributed by atoms with E-state index in [-0.39, 0.29) is 24.0 Å². The second-order valence-electron chi connectivity index (χ2n) is 8.00. The van der Waals surface area contributed by atoms with Gasteiger partial charge >= 0.3 is 0 Å². The van der Waals surface area contributed by atoms with Crippen molar-refractivity contribution in [3.63, 3.8) is 0 Å². The van der Waals surface area contributed by atoms with Gasteiger partial charge in [-0.3, -0.25) is 9.89 Å². The van der Waals surface area contributed by atoms with Gasteiger partial charge in [0.2, 0.25) is 0 Å². The lowest BCUT2D eigenvalue weighted by molar-refractivity contribution is 0.178. The number of ether oxygens (including phenoxy) is 1. The van der Waals surface area contributed by atoms with Crippen LogP contribution in [-0.2, 0) is 6.54 Å². The lowest BCUT2D eigenvalue weighted by Crippen LogP contribution is -2.46. The zero-order valence-electron chi connectivity index (χ0n) is 17.5. The van der Waals surface area contributed by atoms with Gasteiger partial charge in [0.05, 0.1) is 7.11 Å². The average Bonchev–Trinajstić information content (AvgIpc) is 2.73. The number of nitrogens with one attached hydrogen (secondary N) is 2. The Morgan fingerprint density at radius 3 is 2.36 bits per heavy atom. The quantitative estimate of drug-likeness (QED) is 0.352. The lowest BCUT2D eigenvalue weighted by Gasteiger charge is -2.32. The maximum absolute atomic E-state index is 5.24. The monoisotopic (exact) mass is 500 g/mol. The first kappa shape index (κ1) is 23.3. The van der Waals surface area contributed by atoms with E-state index < -0.39 is 0 Å². The molecule has 1 aromatic rings. The van der Waals surface area contributed by atoms with Gasteiger partial charge in [0.1, 0.15) is 5.75 Å². The molecular formula is C22H37IN4O. The Kier molecular flexibility index (Phi) is 10.4. The van der Waals surface area contributed by atoms with Gasteiger partial charge in [0.25, 0.3) is 0 Å². The van der Waals surface area contributed by atoms with E-state index in [9.17, 15) is 0 Å². The van der Waals surface area contributed by atoms with Crippen LogP contribution in [0.2, 0.25) is 0 Å². The number of hydrogen-bond acceptors (Lipinski definition) is 3. The average molecular weight is 500 g/mol. The van der Waals surface area contributed by atoms with Crippen LogP contribution in [0.1, 0.15) is 50.5 Å². The summed E-state index contributed by atoms with van der Waals surface area (Å²) in [6.45, 7) is 4.41. The van der Waals surface area contributed by atoms with Crippen LogP contribution in [-0.4, -0.2) is 50.7 Å². The molecule has 1 saturated heterocycles. The molecular weight excluding hydrogens is 463 g/mol. The molecule has 158 valence electrons. The Hall–Kier alpha value is -1.02. The van der Waals surface area contributed by atoms with E-state index in [2.05, 4.69) is 44.8 Å². The summed E-state index contributed by atoms with van der Waals surface area (Å²) in [5, 5.41) is 7.18. The van der Waals surface area contributed by atoms with Crippen molar-refractivity contribution in [2.75, 3.05) is 33.8 Å². The van der Waals surface area contributed by atoms with Gasteiger partial charge in [-0.1, -0.05) is 31.4 Å². The van der Waals surface area contributed by atoms with E-state index in [0.717, 1.165) is 30.7 Å². The van der Waals surface area contributed by atoms with Gasteiger partial charge in [-0.15, -0.1) is 24.0 Å².